The molecular weight excluding hydrogens is 386 g/mol. The minimum Gasteiger partial charge on any atom is -0.497 e. The van der Waals surface area contributed by atoms with Gasteiger partial charge in [0.2, 0.25) is 5.91 Å². The number of hydrogen-bond donors (Lipinski definition) is 2. The summed E-state index contributed by atoms with van der Waals surface area (Å²) >= 11 is 1.65. The second-order valence-electron chi connectivity index (χ2n) is 7.39. The number of carbonyl (C=O) groups is 2. The maximum Gasteiger partial charge on any atom is 0.321 e. The number of benzene rings is 1. The minimum absolute atomic E-state index is 0.0936. The molecular formula is C22H29N3O3S. The highest BCUT2D eigenvalue weighted by atomic mass is 32.1. The van der Waals surface area contributed by atoms with E-state index >= 15 is 0 Å². The van der Waals surface area contributed by atoms with Crippen LogP contribution in [0.2, 0.25) is 0 Å². The number of hydrogen-bond acceptors (Lipinski definition) is 4. The zero-order valence-corrected chi connectivity index (χ0v) is 17.8. The number of thiophene rings is 1. The lowest BCUT2D eigenvalue weighted by molar-refractivity contribution is -0.123. The lowest BCUT2D eigenvalue weighted by atomic mass is 9.81. The first-order chi connectivity index (χ1) is 14.1. The number of likely N-dealkylation sites (tertiary alicyclic amines) is 1. The van der Waals surface area contributed by atoms with Crippen LogP contribution < -0.4 is 15.4 Å². The fourth-order valence-electron chi connectivity index (χ4n) is 3.81. The van der Waals surface area contributed by atoms with Crippen molar-refractivity contribution >= 4 is 29.0 Å². The summed E-state index contributed by atoms with van der Waals surface area (Å²) in [5.74, 6) is 1.44. The summed E-state index contributed by atoms with van der Waals surface area (Å²) in [4.78, 5) is 28.1. The van der Waals surface area contributed by atoms with E-state index in [0.717, 1.165) is 23.4 Å². The molecule has 6 nitrogen and oxygen atoms in total. The van der Waals surface area contributed by atoms with Crippen molar-refractivity contribution in [3.8, 4) is 5.75 Å². The Balaban J connectivity index is 1.50. The van der Waals surface area contributed by atoms with Crippen LogP contribution in [0.4, 0.5) is 10.5 Å². The number of piperidine rings is 1. The van der Waals surface area contributed by atoms with Gasteiger partial charge in [0, 0.05) is 36.1 Å². The van der Waals surface area contributed by atoms with Crippen LogP contribution >= 0.6 is 11.3 Å². The highest BCUT2D eigenvalue weighted by Gasteiger charge is 2.31. The van der Waals surface area contributed by atoms with Gasteiger partial charge in [-0.25, -0.2) is 4.79 Å². The molecule has 0 spiro atoms. The van der Waals surface area contributed by atoms with E-state index in [4.69, 9.17) is 4.74 Å². The van der Waals surface area contributed by atoms with Crippen molar-refractivity contribution in [3.63, 3.8) is 0 Å². The molecule has 2 atom stereocenters. The van der Waals surface area contributed by atoms with Crippen molar-refractivity contribution < 1.29 is 14.3 Å². The number of carbonyl (C=O) groups excluding carboxylic acids is 2. The second-order valence-corrected chi connectivity index (χ2v) is 8.42. The van der Waals surface area contributed by atoms with Crippen molar-refractivity contribution in [1.82, 2.24) is 10.2 Å². The largest absolute Gasteiger partial charge is 0.497 e. The van der Waals surface area contributed by atoms with Crippen LogP contribution in [0.5, 0.6) is 5.75 Å². The Bertz CT molecular complexity index is 809. The van der Waals surface area contributed by atoms with E-state index in [0.29, 0.717) is 43.6 Å². The van der Waals surface area contributed by atoms with Crippen LogP contribution in [-0.2, 0) is 11.3 Å². The normalized spacial score (nSPS) is 18.9. The Hall–Kier alpha value is -2.54. The van der Waals surface area contributed by atoms with Gasteiger partial charge in [0.25, 0.3) is 0 Å². The number of methoxy groups -OCH3 is 1. The molecule has 0 radical (unpaired) electrons. The molecule has 2 heterocycles. The van der Waals surface area contributed by atoms with Crippen LogP contribution in [0.25, 0.3) is 0 Å². The van der Waals surface area contributed by atoms with Gasteiger partial charge in [-0.05, 0) is 41.8 Å². The molecule has 7 heteroatoms. The number of nitrogens with one attached hydrogen (secondary N) is 2. The van der Waals surface area contributed by atoms with E-state index in [1.54, 1.807) is 24.5 Å². The van der Waals surface area contributed by atoms with Gasteiger partial charge in [0.05, 0.1) is 13.7 Å². The summed E-state index contributed by atoms with van der Waals surface area (Å²) in [7, 11) is 1.61. The standard InChI is InChI=1S/C22H29N3O3S/c1-3-16-15-25(22(27)24-18-6-4-7-19(13-18)28-2)10-9-17(16)12-21(26)23-14-20-8-5-11-29-20/h4-8,11,13,16-17H,3,9-10,12,14-15H2,1-2H3,(H,23,26)(H,24,27). The summed E-state index contributed by atoms with van der Waals surface area (Å²) in [6.07, 6.45) is 2.32. The molecule has 2 aromatic rings. The van der Waals surface area contributed by atoms with Gasteiger partial charge in [0.1, 0.15) is 5.75 Å². The van der Waals surface area contributed by atoms with Crippen molar-refractivity contribution in [2.24, 2.45) is 11.8 Å². The number of ether oxygens (including phenoxy) is 1. The first-order valence-electron chi connectivity index (χ1n) is 10.1. The van der Waals surface area contributed by atoms with Gasteiger partial charge in [-0.1, -0.05) is 25.5 Å². The molecule has 0 saturated carbocycles. The number of anilines is 1. The van der Waals surface area contributed by atoms with Gasteiger partial charge in [-0.3, -0.25) is 4.79 Å². The van der Waals surface area contributed by atoms with Crippen LogP contribution in [0, 0.1) is 11.8 Å². The monoisotopic (exact) mass is 415 g/mol. The summed E-state index contributed by atoms with van der Waals surface area (Å²) in [6.45, 7) is 4.06. The zero-order valence-electron chi connectivity index (χ0n) is 17.0. The Morgan fingerprint density at radius 1 is 1.24 bits per heavy atom. The highest BCUT2D eigenvalue weighted by Crippen LogP contribution is 2.29. The molecule has 2 unspecified atom stereocenters. The van der Waals surface area contributed by atoms with Gasteiger partial charge < -0.3 is 20.3 Å². The summed E-state index contributed by atoms with van der Waals surface area (Å²) in [5, 5.41) is 7.99. The SMILES string of the molecule is CCC1CN(C(=O)Nc2cccc(OC)c2)CCC1CC(=O)NCc1cccs1. The first kappa shape index (κ1) is 21.2. The fourth-order valence-corrected chi connectivity index (χ4v) is 4.45. The molecule has 1 aromatic heterocycles. The van der Waals surface area contributed by atoms with Crippen LogP contribution in [0.3, 0.4) is 0 Å². The first-order valence-corrected chi connectivity index (χ1v) is 11.0. The fraction of sp³-hybridized carbons (Fsp3) is 0.455. The van der Waals surface area contributed by atoms with Gasteiger partial charge in [0.15, 0.2) is 0 Å². The molecule has 2 N–H and O–H groups in total. The average molecular weight is 416 g/mol. The predicted molar refractivity (Wildman–Crippen MR) is 116 cm³/mol. The molecule has 1 fully saturated rings. The highest BCUT2D eigenvalue weighted by molar-refractivity contribution is 7.09. The molecule has 0 aliphatic carbocycles. The molecule has 3 rings (SSSR count). The quantitative estimate of drug-likeness (QED) is 0.707. The van der Waals surface area contributed by atoms with Crippen molar-refractivity contribution in [1.29, 1.82) is 0 Å². The third-order valence-electron chi connectivity index (χ3n) is 5.51. The van der Waals surface area contributed by atoms with E-state index in [2.05, 4.69) is 17.6 Å². The Kier molecular flexibility index (Phi) is 7.52. The lowest BCUT2D eigenvalue weighted by Crippen LogP contribution is -2.46. The van der Waals surface area contributed by atoms with E-state index in [1.165, 1.54) is 0 Å². The van der Waals surface area contributed by atoms with Crippen LogP contribution in [-0.4, -0.2) is 37.0 Å². The van der Waals surface area contributed by atoms with Gasteiger partial charge >= 0.3 is 6.03 Å². The molecule has 1 aliphatic rings. The van der Waals surface area contributed by atoms with Crippen molar-refractivity contribution in [2.45, 2.75) is 32.7 Å². The second kappa shape index (κ2) is 10.3. The zero-order chi connectivity index (χ0) is 20.6. The molecule has 1 saturated heterocycles. The molecule has 3 amide bonds. The lowest BCUT2D eigenvalue weighted by Gasteiger charge is -2.38. The summed E-state index contributed by atoms with van der Waals surface area (Å²) in [5.41, 5.74) is 0.720. The van der Waals surface area contributed by atoms with Crippen LogP contribution in [0.15, 0.2) is 41.8 Å². The van der Waals surface area contributed by atoms with E-state index < -0.39 is 0 Å². The Morgan fingerprint density at radius 3 is 2.83 bits per heavy atom. The number of nitrogens with zero attached hydrogens (tertiary/aromatic N) is 1. The Labute approximate surface area is 176 Å². The molecule has 0 bridgehead atoms. The van der Waals surface area contributed by atoms with Crippen LogP contribution in [0.1, 0.15) is 31.1 Å². The van der Waals surface area contributed by atoms with E-state index in [-0.39, 0.29) is 11.9 Å². The topological polar surface area (TPSA) is 70.7 Å². The molecule has 156 valence electrons. The molecule has 1 aliphatic heterocycles. The predicted octanol–water partition coefficient (Wildman–Crippen LogP) is 4.34. The molecule has 29 heavy (non-hydrogen) atoms. The molecule has 1 aromatic carbocycles. The Morgan fingerprint density at radius 2 is 2.10 bits per heavy atom. The van der Waals surface area contributed by atoms with Gasteiger partial charge in [-0.2, -0.15) is 0 Å². The third-order valence-corrected chi connectivity index (χ3v) is 6.39. The van der Waals surface area contributed by atoms with Gasteiger partial charge in [-0.15, -0.1) is 11.3 Å². The smallest absolute Gasteiger partial charge is 0.321 e. The number of amides is 3. The maximum atomic E-state index is 12.7. The van der Waals surface area contributed by atoms with E-state index in [1.807, 2.05) is 40.6 Å². The van der Waals surface area contributed by atoms with Crippen molar-refractivity contribution in [2.75, 3.05) is 25.5 Å². The van der Waals surface area contributed by atoms with Crippen molar-refractivity contribution in [3.05, 3.63) is 46.7 Å². The number of rotatable bonds is 7. The third kappa shape index (κ3) is 5.97. The average Bonchev–Trinajstić information content (AvgIpc) is 3.26. The number of urea groups is 1. The summed E-state index contributed by atoms with van der Waals surface area (Å²) in [6, 6.07) is 11.3. The van der Waals surface area contributed by atoms with E-state index in [9.17, 15) is 9.59 Å². The maximum absolute atomic E-state index is 12.7. The summed E-state index contributed by atoms with van der Waals surface area (Å²) < 4.78 is 5.21. The minimum atomic E-state index is -0.0997.